The molecule has 0 radical (unpaired) electrons. The molecule has 0 unspecified atom stereocenters. The maximum Gasteiger partial charge on any atom is 0.115 e. The van der Waals surface area contributed by atoms with E-state index in [4.69, 9.17) is 0 Å². The summed E-state index contributed by atoms with van der Waals surface area (Å²) in [5, 5.41) is 4.40. The minimum Gasteiger partial charge on any atom is -0.298 e. The van der Waals surface area contributed by atoms with Crippen molar-refractivity contribution in [3.8, 4) is 0 Å². The zero-order valence-electron chi connectivity index (χ0n) is 10.3. The van der Waals surface area contributed by atoms with Crippen LogP contribution >= 0.6 is 11.3 Å². The van der Waals surface area contributed by atoms with Gasteiger partial charge in [0.25, 0.3) is 0 Å². The number of rotatable bonds is 3. The van der Waals surface area contributed by atoms with Gasteiger partial charge in [-0.05, 0) is 47.8 Å². The van der Waals surface area contributed by atoms with Gasteiger partial charge in [0.2, 0.25) is 0 Å². The first-order valence-electron chi connectivity index (χ1n) is 6.41. The van der Waals surface area contributed by atoms with Crippen LogP contribution in [0.2, 0.25) is 0 Å². The molecule has 0 bridgehead atoms. The molecule has 0 aliphatic carbocycles. The Labute approximate surface area is 112 Å². The SMILES string of the molecule is c1cc([C@@H]2CCCN(Cc3ccsc3)C2)ncn1. The second-order valence-electron chi connectivity index (χ2n) is 4.84. The Morgan fingerprint density at radius 1 is 1.39 bits per heavy atom. The largest absolute Gasteiger partial charge is 0.298 e. The van der Waals surface area contributed by atoms with E-state index < -0.39 is 0 Å². The number of piperidine rings is 1. The summed E-state index contributed by atoms with van der Waals surface area (Å²) >= 11 is 1.78. The number of likely N-dealkylation sites (tertiary alicyclic amines) is 1. The van der Waals surface area contributed by atoms with Gasteiger partial charge in [0.1, 0.15) is 6.33 Å². The average Bonchev–Trinajstić information content (AvgIpc) is 2.93. The Balaban J connectivity index is 1.65. The van der Waals surface area contributed by atoms with Crippen molar-refractivity contribution >= 4 is 11.3 Å². The maximum atomic E-state index is 4.40. The van der Waals surface area contributed by atoms with Crippen LogP contribution in [0, 0.1) is 0 Å². The standard InChI is InChI=1S/C14H17N3S/c1-2-13(14-3-5-15-11-16-14)9-17(6-1)8-12-4-7-18-10-12/h3-5,7,10-11,13H,1-2,6,8-9H2/t13-/m1/s1. The van der Waals surface area contributed by atoms with E-state index in [1.165, 1.54) is 30.6 Å². The third-order valence-electron chi connectivity index (χ3n) is 3.51. The molecule has 3 heterocycles. The van der Waals surface area contributed by atoms with Gasteiger partial charge in [-0.3, -0.25) is 4.90 Å². The van der Waals surface area contributed by atoms with Crippen molar-refractivity contribution in [2.24, 2.45) is 0 Å². The number of hydrogen-bond acceptors (Lipinski definition) is 4. The molecule has 1 fully saturated rings. The van der Waals surface area contributed by atoms with E-state index in [2.05, 4.69) is 37.8 Å². The van der Waals surface area contributed by atoms with Crippen molar-refractivity contribution in [1.29, 1.82) is 0 Å². The van der Waals surface area contributed by atoms with Crippen molar-refractivity contribution < 1.29 is 0 Å². The Bertz CT molecular complexity index is 469. The summed E-state index contributed by atoms with van der Waals surface area (Å²) in [5.74, 6) is 0.570. The Kier molecular flexibility index (Phi) is 3.67. The van der Waals surface area contributed by atoms with Gasteiger partial charge in [0.15, 0.2) is 0 Å². The van der Waals surface area contributed by atoms with Gasteiger partial charge < -0.3 is 0 Å². The molecule has 0 saturated carbocycles. The molecule has 1 aliphatic heterocycles. The molecule has 94 valence electrons. The fourth-order valence-electron chi connectivity index (χ4n) is 2.62. The van der Waals surface area contributed by atoms with Gasteiger partial charge in [-0.25, -0.2) is 9.97 Å². The third-order valence-corrected chi connectivity index (χ3v) is 4.25. The lowest BCUT2D eigenvalue weighted by Crippen LogP contribution is -2.34. The minimum atomic E-state index is 0.570. The molecule has 0 amide bonds. The maximum absolute atomic E-state index is 4.40. The number of nitrogens with zero attached hydrogens (tertiary/aromatic N) is 3. The molecule has 2 aromatic rings. The fourth-order valence-corrected chi connectivity index (χ4v) is 3.28. The van der Waals surface area contributed by atoms with Gasteiger partial charge in [-0.15, -0.1) is 0 Å². The van der Waals surface area contributed by atoms with Crippen LogP contribution in [-0.4, -0.2) is 28.0 Å². The van der Waals surface area contributed by atoms with E-state index in [0.717, 1.165) is 13.1 Å². The second kappa shape index (κ2) is 5.59. The Morgan fingerprint density at radius 3 is 3.17 bits per heavy atom. The van der Waals surface area contributed by atoms with Crippen LogP contribution in [0.25, 0.3) is 0 Å². The molecule has 0 N–H and O–H groups in total. The summed E-state index contributed by atoms with van der Waals surface area (Å²) in [4.78, 5) is 10.9. The first-order valence-corrected chi connectivity index (χ1v) is 7.35. The lowest BCUT2D eigenvalue weighted by atomic mass is 9.94. The van der Waals surface area contributed by atoms with E-state index in [0.29, 0.717) is 5.92 Å². The summed E-state index contributed by atoms with van der Waals surface area (Å²) in [6, 6.07) is 4.28. The van der Waals surface area contributed by atoms with Crippen molar-refractivity contribution in [1.82, 2.24) is 14.9 Å². The molecular weight excluding hydrogens is 242 g/mol. The Morgan fingerprint density at radius 2 is 2.39 bits per heavy atom. The smallest absolute Gasteiger partial charge is 0.115 e. The molecule has 2 aromatic heterocycles. The van der Waals surface area contributed by atoms with E-state index in [-0.39, 0.29) is 0 Å². The fraction of sp³-hybridized carbons (Fsp3) is 0.429. The topological polar surface area (TPSA) is 29.0 Å². The van der Waals surface area contributed by atoms with Crippen molar-refractivity contribution in [2.45, 2.75) is 25.3 Å². The summed E-state index contributed by atoms with van der Waals surface area (Å²) < 4.78 is 0. The highest BCUT2D eigenvalue weighted by molar-refractivity contribution is 7.07. The average molecular weight is 259 g/mol. The predicted molar refractivity (Wildman–Crippen MR) is 73.6 cm³/mol. The van der Waals surface area contributed by atoms with Gasteiger partial charge >= 0.3 is 0 Å². The van der Waals surface area contributed by atoms with E-state index in [1.54, 1.807) is 17.7 Å². The first-order chi connectivity index (χ1) is 8.92. The highest BCUT2D eigenvalue weighted by atomic mass is 32.1. The Hall–Kier alpha value is -1.26. The number of hydrogen-bond donors (Lipinski definition) is 0. The normalized spacial score (nSPS) is 21.0. The quantitative estimate of drug-likeness (QED) is 0.848. The molecule has 0 aromatic carbocycles. The highest BCUT2D eigenvalue weighted by Crippen LogP contribution is 2.26. The number of thiophene rings is 1. The molecule has 1 aliphatic rings. The summed E-state index contributed by atoms with van der Waals surface area (Å²) in [6.45, 7) is 3.40. The zero-order valence-corrected chi connectivity index (χ0v) is 11.1. The van der Waals surface area contributed by atoms with Gasteiger partial charge in [0.05, 0.1) is 0 Å². The summed E-state index contributed by atoms with van der Waals surface area (Å²) in [7, 11) is 0. The van der Waals surface area contributed by atoms with E-state index in [9.17, 15) is 0 Å². The van der Waals surface area contributed by atoms with Crippen molar-refractivity contribution in [3.05, 3.63) is 46.7 Å². The monoisotopic (exact) mass is 259 g/mol. The van der Waals surface area contributed by atoms with Crippen LogP contribution < -0.4 is 0 Å². The van der Waals surface area contributed by atoms with Crippen molar-refractivity contribution in [3.63, 3.8) is 0 Å². The predicted octanol–water partition coefficient (Wildman–Crippen LogP) is 2.92. The zero-order chi connectivity index (χ0) is 12.2. The molecule has 4 heteroatoms. The van der Waals surface area contributed by atoms with Crippen molar-refractivity contribution in [2.75, 3.05) is 13.1 Å². The highest BCUT2D eigenvalue weighted by Gasteiger charge is 2.22. The van der Waals surface area contributed by atoms with E-state index >= 15 is 0 Å². The van der Waals surface area contributed by atoms with Gasteiger partial charge in [-0.2, -0.15) is 11.3 Å². The van der Waals surface area contributed by atoms with Crippen LogP contribution in [0.4, 0.5) is 0 Å². The van der Waals surface area contributed by atoms with Gasteiger partial charge in [-0.1, -0.05) is 0 Å². The summed E-state index contributed by atoms with van der Waals surface area (Å²) in [5.41, 5.74) is 2.63. The molecule has 3 rings (SSSR count). The molecule has 0 spiro atoms. The minimum absolute atomic E-state index is 0.570. The van der Waals surface area contributed by atoms with Gasteiger partial charge in [0, 0.05) is 30.9 Å². The van der Waals surface area contributed by atoms with Crippen LogP contribution in [-0.2, 0) is 6.54 Å². The number of aromatic nitrogens is 2. The molecular formula is C14H17N3S. The van der Waals surface area contributed by atoms with Crippen LogP contribution in [0.5, 0.6) is 0 Å². The molecule has 1 saturated heterocycles. The molecule has 1 atom stereocenters. The van der Waals surface area contributed by atoms with Crippen LogP contribution in [0.3, 0.4) is 0 Å². The molecule has 18 heavy (non-hydrogen) atoms. The van der Waals surface area contributed by atoms with Crippen LogP contribution in [0.1, 0.15) is 30.0 Å². The molecule has 3 nitrogen and oxygen atoms in total. The first kappa shape index (κ1) is 11.8. The van der Waals surface area contributed by atoms with E-state index in [1.807, 2.05) is 6.20 Å². The third kappa shape index (κ3) is 2.76. The summed E-state index contributed by atoms with van der Waals surface area (Å²) in [6.07, 6.45) is 6.02. The lowest BCUT2D eigenvalue weighted by molar-refractivity contribution is 0.198. The lowest BCUT2D eigenvalue weighted by Gasteiger charge is -2.32. The van der Waals surface area contributed by atoms with Crippen LogP contribution in [0.15, 0.2) is 35.4 Å². The second-order valence-corrected chi connectivity index (χ2v) is 5.62.